The van der Waals surface area contributed by atoms with Crippen LogP contribution >= 0.6 is 0 Å². The molecule has 0 radical (unpaired) electrons. The molecule has 0 aliphatic rings. The van der Waals surface area contributed by atoms with Crippen molar-refractivity contribution in [3.05, 3.63) is 30.3 Å². The fourth-order valence-corrected chi connectivity index (χ4v) is 2.64. The molecule has 0 N–H and O–H groups in total. The maximum absolute atomic E-state index is 12.3. The van der Waals surface area contributed by atoms with E-state index in [2.05, 4.69) is 0 Å². The third-order valence-electron chi connectivity index (χ3n) is 4.61. The van der Waals surface area contributed by atoms with E-state index in [1.54, 1.807) is 26.0 Å². The van der Waals surface area contributed by atoms with Crippen molar-refractivity contribution in [3.63, 3.8) is 0 Å². The molecule has 1 rings (SSSR count). The smallest absolute Gasteiger partial charge is 0.236 e. The lowest BCUT2D eigenvalue weighted by atomic mass is 10.1. The zero-order chi connectivity index (χ0) is 23.8. The van der Waals surface area contributed by atoms with Crippen LogP contribution in [0.4, 0.5) is 5.69 Å². The predicted molar refractivity (Wildman–Crippen MR) is 126 cm³/mol. The first-order chi connectivity index (χ1) is 14.7. The number of carbonyl (C=O) groups is 3. The Hall–Kier alpha value is -2.41. The molecule has 0 saturated heterocycles. The highest BCUT2D eigenvalue weighted by molar-refractivity contribution is 6.04. The Kier molecular flexibility index (Phi) is 15.0. The van der Waals surface area contributed by atoms with Crippen molar-refractivity contribution in [3.8, 4) is 0 Å². The molecule has 1 aromatic carbocycles. The van der Waals surface area contributed by atoms with Gasteiger partial charge in [-0.15, -0.1) is 0 Å². The van der Waals surface area contributed by atoms with E-state index >= 15 is 0 Å². The molecule has 31 heavy (non-hydrogen) atoms. The van der Waals surface area contributed by atoms with Crippen LogP contribution in [0.25, 0.3) is 0 Å². The second kappa shape index (κ2) is 16.3. The first kappa shape index (κ1) is 28.6. The maximum atomic E-state index is 12.3. The van der Waals surface area contributed by atoms with Gasteiger partial charge in [-0.25, -0.2) is 0 Å². The summed E-state index contributed by atoms with van der Waals surface area (Å²) in [5.41, 5.74) is 0.758. The minimum absolute atomic E-state index is 0.149. The molecule has 3 amide bonds. The van der Waals surface area contributed by atoms with E-state index in [4.69, 9.17) is 4.74 Å². The van der Waals surface area contributed by atoms with Gasteiger partial charge >= 0.3 is 0 Å². The number of ether oxygens (including phenoxy) is 1. The number of hydrogen-bond acceptors (Lipinski definition) is 4. The zero-order valence-electron chi connectivity index (χ0n) is 20.4. The normalized spacial score (nSPS) is 10.2. The summed E-state index contributed by atoms with van der Waals surface area (Å²) in [5, 5.41) is 0. The molecule has 7 nitrogen and oxygen atoms in total. The fourth-order valence-electron chi connectivity index (χ4n) is 2.64. The van der Waals surface area contributed by atoms with Gasteiger partial charge in [0.05, 0.1) is 6.61 Å². The van der Waals surface area contributed by atoms with Crippen molar-refractivity contribution in [2.75, 3.05) is 52.3 Å². The average Bonchev–Trinajstić information content (AvgIpc) is 2.76. The van der Waals surface area contributed by atoms with Crippen LogP contribution in [0, 0.1) is 5.92 Å². The Bertz CT molecular complexity index is 649. The number of amides is 3. The van der Waals surface area contributed by atoms with E-state index in [9.17, 15) is 14.4 Å². The molecule has 0 saturated carbocycles. The first-order valence-electron chi connectivity index (χ1n) is 11.1. The summed E-state index contributed by atoms with van der Waals surface area (Å²) in [6.07, 6.45) is 1.13. The van der Waals surface area contributed by atoms with Crippen molar-refractivity contribution < 1.29 is 19.1 Å². The summed E-state index contributed by atoms with van der Waals surface area (Å²) >= 11 is 0. The van der Waals surface area contributed by atoms with Crippen molar-refractivity contribution in [1.82, 2.24) is 9.80 Å². The molecule has 0 aromatic heterocycles. The number of benzene rings is 1. The SMILES string of the molecule is CC.CC(C)CC(=O)N(C)CCCOCCN(C)C(=O)CC(=O)N(C)c1ccccc1. The second-order valence-electron chi connectivity index (χ2n) is 7.66. The van der Waals surface area contributed by atoms with Gasteiger partial charge in [-0.1, -0.05) is 45.9 Å². The number of rotatable bonds is 12. The van der Waals surface area contributed by atoms with Gasteiger partial charge in [0.1, 0.15) is 6.42 Å². The molecule has 0 fully saturated rings. The van der Waals surface area contributed by atoms with Crippen LogP contribution in [0.1, 0.15) is 47.0 Å². The molecule has 0 spiro atoms. The summed E-state index contributed by atoms with van der Waals surface area (Å²) in [5.74, 6) is 0.0209. The topological polar surface area (TPSA) is 70.2 Å². The van der Waals surface area contributed by atoms with E-state index in [1.807, 2.05) is 58.0 Å². The highest BCUT2D eigenvalue weighted by atomic mass is 16.5. The summed E-state index contributed by atoms with van der Waals surface area (Å²) in [7, 11) is 5.14. The van der Waals surface area contributed by atoms with Gasteiger partial charge in [0, 0.05) is 52.9 Å². The quantitative estimate of drug-likeness (QED) is 0.373. The number of nitrogens with zero attached hydrogens (tertiary/aromatic N) is 3. The second-order valence-corrected chi connectivity index (χ2v) is 7.66. The van der Waals surface area contributed by atoms with E-state index in [-0.39, 0.29) is 24.1 Å². The minimum Gasteiger partial charge on any atom is -0.380 e. The van der Waals surface area contributed by atoms with Crippen LogP contribution in [0.3, 0.4) is 0 Å². The van der Waals surface area contributed by atoms with Crippen molar-refractivity contribution in [1.29, 1.82) is 0 Å². The first-order valence-corrected chi connectivity index (χ1v) is 11.1. The molecular formula is C24H41N3O4. The van der Waals surface area contributed by atoms with E-state index in [1.165, 1.54) is 9.80 Å². The summed E-state index contributed by atoms with van der Waals surface area (Å²) in [6, 6.07) is 9.23. The molecule has 0 aliphatic heterocycles. The highest BCUT2D eigenvalue weighted by Crippen LogP contribution is 2.12. The van der Waals surface area contributed by atoms with Crippen LogP contribution < -0.4 is 4.90 Å². The van der Waals surface area contributed by atoms with Crippen molar-refractivity contribution in [2.24, 2.45) is 5.92 Å². The minimum atomic E-state index is -0.247. The lowest BCUT2D eigenvalue weighted by Gasteiger charge is -2.21. The van der Waals surface area contributed by atoms with Crippen LogP contribution in [0.15, 0.2) is 30.3 Å². The van der Waals surface area contributed by atoms with Gasteiger partial charge in [0.2, 0.25) is 17.7 Å². The standard InChI is InChI=1S/C22H35N3O4.C2H6/c1-18(2)16-20(26)23(3)12-9-14-29-15-13-24(4)21(27)17-22(28)25(5)19-10-7-6-8-11-19;1-2/h6-8,10-11,18H,9,12-17H2,1-5H3;1-2H3. The number of para-hydroxylation sites is 1. The molecule has 0 heterocycles. The predicted octanol–water partition coefficient (Wildman–Crippen LogP) is 3.44. The molecule has 0 unspecified atom stereocenters. The van der Waals surface area contributed by atoms with E-state index in [0.29, 0.717) is 38.6 Å². The molecular weight excluding hydrogens is 394 g/mol. The number of anilines is 1. The molecule has 7 heteroatoms. The lowest BCUT2D eigenvalue weighted by Crippen LogP contribution is -2.36. The maximum Gasteiger partial charge on any atom is 0.236 e. The Morgan fingerprint density at radius 2 is 1.42 bits per heavy atom. The monoisotopic (exact) mass is 435 g/mol. The number of hydrogen-bond donors (Lipinski definition) is 0. The van der Waals surface area contributed by atoms with Gasteiger partial charge in [-0.3, -0.25) is 14.4 Å². The largest absolute Gasteiger partial charge is 0.380 e. The van der Waals surface area contributed by atoms with Gasteiger partial charge in [-0.2, -0.15) is 0 Å². The third-order valence-corrected chi connectivity index (χ3v) is 4.61. The summed E-state index contributed by atoms with van der Waals surface area (Å²) in [4.78, 5) is 41.1. The van der Waals surface area contributed by atoms with Crippen LogP contribution in [-0.2, 0) is 19.1 Å². The van der Waals surface area contributed by atoms with Crippen LogP contribution in [0.2, 0.25) is 0 Å². The van der Waals surface area contributed by atoms with E-state index < -0.39 is 0 Å². The molecule has 0 aliphatic carbocycles. The highest BCUT2D eigenvalue weighted by Gasteiger charge is 2.18. The van der Waals surface area contributed by atoms with Gasteiger partial charge in [-0.05, 0) is 24.5 Å². The molecule has 0 atom stereocenters. The Morgan fingerprint density at radius 1 is 0.839 bits per heavy atom. The van der Waals surface area contributed by atoms with Gasteiger partial charge in [0.15, 0.2) is 0 Å². The lowest BCUT2D eigenvalue weighted by molar-refractivity contribution is -0.135. The Morgan fingerprint density at radius 3 is 2.00 bits per heavy atom. The number of likely N-dealkylation sites (N-methyl/N-ethyl adjacent to an activating group) is 1. The van der Waals surface area contributed by atoms with Crippen molar-refractivity contribution >= 4 is 23.4 Å². The third kappa shape index (κ3) is 12.1. The van der Waals surface area contributed by atoms with Crippen LogP contribution in [-0.4, -0.2) is 75.0 Å². The molecule has 0 bridgehead atoms. The van der Waals surface area contributed by atoms with Gasteiger partial charge in [0.25, 0.3) is 0 Å². The fraction of sp³-hybridized carbons (Fsp3) is 0.625. The van der Waals surface area contributed by atoms with Crippen molar-refractivity contribution in [2.45, 2.75) is 47.0 Å². The summed E-state index contributed by atoms with van der Waals surface area (Å²) in [6.45, 7) is 10.1. The summed E-state index contributed by atoms with van der Waals surface area (Å²) < 4.78 is 5.56. The Balaban J connectivity index is 0.00000436. The average molecular weight is 436 g/mol. The molecule has 176 valence electrons. The molecule has 1 aromatic rings. The van der Waals surface area contributed by atoms with Crippen LogP contribution in [0.5, 0.6) is 0 Å². The van der Waals surface area contributed by atoms with Gasteiger partial charge < -0.3 is 19.4 Å². The Labute approximate surface area is 188 Å². The number of carbonyl (C=O) groups excluding carboxylic acids is 3. The van der Waals surface area contributed by atoms with E-state index in [0.717, 1.165) is 12.1 Å². The zero-order valence-corrected chi connectivity index (χ0v) is 20.4.